The van der Waals surface area contributed by atoms with Crippen molar-refractivity contribution in [1.29, 1.82) is 0 Å². The Morgan fingerprint density at radius 2 is 1.04 bits per heavy atom. The highest BCUT2D eigenvalue weighted by atomic mass is 15.5. The van der Waals surface area contributed by atoms with E-state index in [2.05, 4.69) is 74.2 Å². The van der Waals surface area contributed by atoms with E-state index in [1.54, 1.807) is 0 Å². The third kappa shape index (κ3) is 4.58. The van der Waals surface area contributed by atoms with Crippen molar-refractivity contribution in [3.8, 4) is 0 Å². The molecule has 0 saturated heterocycles. The second-order valence-corrected chi connectivity index (χ2v) is 13.1. The van der Waals surface area contributed by atoms with Crippen LogP contribution in [0.3, 0.4) is 0 Å². The largest absolute Gasteiger partial charge is 0.268 e. The molecule has 0 aliphatic heterocycles. The van der Waals surface area contributed by atoms with E-state index in [1.165, 1.54) is 57.8 Å². The molecular weight excluding hydrogens is 328 g/mol. The van der Waals surface area contributed by atoms with E-state index < -0.39 is 0 Å². The van der Waals surface area contributed by atoms with Gasteiger partial charge in [-0.3, -0.25) is 5.84 Å². The van der Waals surface area contributed by atoms with Crippen LogP contribution in [0, 0.1) is 21.7 Å². The van der Waals surface area contributed by atoms with Crippen LogP contribution in [0.5, 0.6) is 0 Å². The summed E-state index contributed by atoms with van der Waals surface area (Å²) in [5.74, 6) is 7.17. The van der Waals surface area contributed by atoms with Gasteiger partial charge in [0.25, 0.3) is 0 Å². The van der Waals surface area contributed by atoms with E-state index in [1.807, 2.05) is 0 Å². The monoisotopic (exact) mass is 378 g/mol. The van der Waals surface area contributed by atoms with Gasteiger partial charge in [-0.2, -0.15) is 0 Å². The predicted molar refractivity (Wildman–Crippen MR) is 120 cm³/mol. The van der Waals surface area contributed by atoms with Crippen LogP contribution >= 0.6 is 0 Å². The molecule has 0 aromatic heterocycles. The molecule has 160 valence electrons. The lowest BCUT2D eigenvalue weighted by Crippen LogP contribution is -2.68. The van der Waals surface area contributed by atoms with Crippen molar-refractivity contribution in [2.75, 3.05) is 0 Å². The van der Waals surface area contributed by atoms with Gasteiger partial charge in [-0.1, -0.05) is 74.7 Å². The zero-order chi connectivity index (χ0) is 20.9. The molecule has 2 fully saturated rings. The SMILES string of the molecule is CCC1(C)CC(C)(C)CC(C)(N(N)C2(C)CC(C)(C)CC(CC)(CC)C2)C1. The van der Waals surface area contributed by atoms with E-state index >= 15 is 0 Å². The van der Waals surface area contributed by atoms with E-state index in [0.717, 1.165) is 0 Å². The van der Waals surface area contributed by atoms with Crippen LogP contribution < -0.4 is 5.84 Å². The van der Waals surface area contributed by atoms with Gasteiger partial charge in [0.1, 0.15) is 0 Å². The average molecular weight is 379 g/mol. The maximum Gasteiger partial charge on any atom is 0.0340 e. The fourth-order valence-corrected chi connectivity index (χ4v) is 8.33. The van der Waals surface area contributed by atoms with E-state index in [9.17, 15) is 0 Å². The standard InChI is InChI=1S/C25H50N2/c1-11-22(8)14-20(4,5)15-23(9,18-22)27(26)24(10)16-21(6,7)17-25(12-2,13-3)19-24/h11-19,26H2,1-10H3. The molecule has 2 nitrogen and oxygen atoms in total. The molecule has 0 aromatic carbocycles. The summed E-state index contributed by atoms with van der Waals surface area (Å²) in [6.45, 7) is 24.5. The van der Waals surface area contributed by atoms with Crippen LogP contribution in [0.25, 0.3) is 0 Å². The van der Waals surface area contributed by atoms with Crippen molar-refractivity contribution in [3.05, 3.63) is 0 Å². The first-order chi connectivity index (χ1) is 12.1. The summed E-state index contributed by atoms with van der Waals surface area (Å²) in [7, 11) is 0. The van der Waals surface area contributed by atoms with Gasteiger partial charge >= 0.3 is 0 Å². The smallest absolute Gasteiger partial charge is 0.0340 e. The first-order valence-corrected chi connectivity index (χ1v) is 11.6. The molecule has 2 rings (SSSR count). The summed E-state index contributed by atoms with van der Waals surface area (Å²) in [6, 6.07) is 0. The second-order valence-electron chi connectivity index (χ2n) is 13.1. The lowest BCUT2D eigenvalue weighted by Gasteiger charge is -2.63. The van der Waals surface area contributed by atoms with Crippen LogP contribution in [-0.2, 0) is 0 Å². The molecule has 3 atom stereocenters. The van der Waals surface area contributed by atoms with Crippen molar-refractivity contribution in [3.63, 3.8) is 0 Å². The van der Waals surface area contributed by atoms with Gasteiger partial charge in [-0.05, 0) is 74.0 Å². The van der Waals surface area contributed by atoms with Gasteiger partial charge < -0.3 is 0 Å². The molecule has 2 N–H and O–H groups in total. The van der Waals surface area contributed by atoms with Gasteiger partial charge in [0, 0.05) is 11.1 Å². The molecule has 3 unspecified atom stereocenters. The second kappa shape index (κ2) is 7.01. The maximum absolute atomic E-state index is 7.17. The zero-order valence-corrected chi connectivity index (χ0v) is 20.4. The summed E-state index contributed by atoms with van der Waals surface area (Å²) in [4.78, 5) is 0. The molecule has 0 spiro atoms. The first kappa shape index (κ1) is 23.2. The van der Waals surface area contributed by atoms with Crippen molar-refractivity contribution in [2.24, 2.45) is 27.5 Å². The van der Waals surface area contributed by atoms with Crippen molar-refractivity contribution >= 4 is 0 Å². The lowest BCUT2D eigenvalue weighted by molar-refractivity contribution is -0.137. The fraction of sp³-hybridized carbons (Fsp3) is 1.00. The molecule has 0 heterocycles. The molecular formula is C25H50N2. The third-order valence-electron chi connectivity index (χ3n) is 8.56. The Hall–Kier alpha value is -0.0800. The zero-order valence-electron chi connectivity index (χ0n) is 20.4. The average Bonchev–Trinajstić information content (AvgIpc) is 2.50. The van der Waals surface area contributed by atoms with Gasteiger partial charge in [0.15, 0.2) is 0 Å². The van der Waals surface area contributed by atoms with E-state index in [0.29, 0.717) is 21.7 Å². The van der Waals surface area contributed by atoms with Crippen LogP contribution in [0.15, 0.2) is 0 Å². The molecule has 2 aliphatic carbocycles. The molecule has 2 aliphatic rings. The topological polar surface area (TPSA) is 29.3 Å². The highest BCUT2D eigenvalue weighted by molar-refractivity contribution is 5.09. The Balaban J connectivity index is 2.42. The van der Waals surface area contributed by atoms with Gasteiger partial charge in [0.05, 0.1) is 0 Å². The Labute approximate surface area is 171 Å². The summed E-state index contributed by atoms with van der Waals surface area (Å²) in [5, 5.41) is 2.38. The summed E-state index contributed by atoms with van der Waals surface area (Å²) in [5.41, 5.74) is 1.67. The summed E-state index contributed by atoms with van der Waals surface area (Å²) >= 11 is 0. The summed E-state index contributed by atoms with van der Waals surface area (Å²) < 4.78 is 0. The number of nitrogens with zero attached hydrogens (tertiary/aromatic N) is 1. The Morgan fingerprint density at radius 1 is 0.593 bits per heavy atom. The number of hydrogen-bond donors (Lipinski definition) is 1. The molecule has 0 bridgehead atoms. The molecule has 27 heavy (non-hydrogen) atoms. The van der Waals surface area contributed by atoms with Gasteiger partial charge in [-0.25, -0.2) is 5.01 Å². The molecule has 2 saturated carbocycles. The maximum atomic E-state index is 7.17. The van der Waals surface area contributed by atoms with Crippen LogP contribution in [-0.4, -0.2) is 16.1 Å². The quantitative estimate of drug-likeness (QED) is 0.401. The number of rotatable bonds is 5. The highest BCUT2D eigenvalue weighted by Gasteiger charge is 2.56. The molecule has 0 radical (unpaired) electrons. The number of nitrogens with two attached hydrogens (primary N) is 1. The number of hydrazine groups is 1. The van der Waals surface area contributed by atoms with Crippen LogP contribution in [0.2, 0.25) is 0 Å². The van der Waals surface area contributed by atoms with Gasteiger partial charge in [0.2, 0.25) is 0 Å². The van der Waals surface area contributed by atoms with E-state index in [4.69, 9.17) is 5.84 Å². The Bertz CT molecular complexity index is 532. The Kier molecular flexibility index (Phi) is 6.02. The van der Waals surface area contributed by atoms with Crippen molar-refractivity contribution < 1.29 is 0 Å². The first-order valence-electron chi connectivity index (χ1n) is 11.6. The predicted octanol–water partition coefficient (Wildman–Crippen LogP) is 7.32. The minimum atomic E-state index is 0.0713. The van der Waals surface area contributed by atoms with Crippen molar-refractivity contribution in [2.45, 2.75) is 138 Å². The van der Waals surface area contributed by atoms with Crippen molar-refractivity contribution in [1.82, 2.24) is 5.01 Å². The molecule has 0 amide bonds. The lowest BCUT2D eigenvalue weighted by atomic mass is 9.53. The van der Waals surface area contributed by atoms with Crippen LogP contribution in [0.1, 0.15) is 127 Å². The van der Waals surface area contributed by atoms with E-state index in [-0.39, 0.29) is 11.1 Å². The van der Waals surface area contributed by atoms with Gasteiger partial charge in [-0.15, -0.1) is 0 Å². The number of hydrogen-bond acceptors (Lipinski definition) is 2. The normalized spacial score (nSPS) is 40.9. The molecule has 2 heteroatoms. The minimum Gasteiger partial charge on any atom is -0.268 e. The third-order valence-corrected chi connectivity index (χ3v) is 8.56. The summed E-state index contributed by atoms with van der Waals surface area (Å²) in [6.07, 6.45) is 11.3. The highest BCUT2D eigenvalue weighted by Crippen LogP contribution is 2.59. The fourth-order valence-electron chi connectivity index (χ4n) is 8.33. The molecule has 0 aromatic rings. The minimum absolute atomic E-state index is 0.0713. The Morgan fingerprint density at radius 3 is 1.48 bits per heavy atom. The van der Waals surface area contributed by atoms with Crippen LogP contribution in [0.4, 0.5) is 0 Å².